The Balaban J connectivity index is 1.82. The molecule has 2 heterocycles. The third-order valence-electron chi connectivity index (χ3n) is 3.12. The summed E-state index contributed by atoms with van der Waals surface area (Å²) in [6.45, 7) is 1.95. The molecule has 0 bridgehead atoms. The molecule has 0 atom stereocenters. The standard InChI is InChI=1S/C16H11BrFN3OS/c1-9-14(10-2-5-12(17)6-3-10)20-16(23-9)21-15(22)11-4-7-13(18)19-8-11/h2-8H,1H3,(H,20,21,22). The number of amides is 1. The van der Waals surface area contributed by atoms with Crippen molar-refractivity contribution in [2.24, 2.45) is 0 Å². The van der Waals surface area contributed by atoms with Crippen molar-refractivity contribution < 1.29 is 9.18 Å². The molecule has 3 rings (SSSR count). The van der Waals surface area contributed by atoms with E-state index in [1.807, 2.05) is 31.2 Å². The first kappa shape index (κ1) is 15.8. The molecular formula is C16H11BrFN3OS. The molecule has 0 aliphatic heterocycles. The average Bonchev–Trinajstić information content (AvgIpc) is 2.89. The topological polar surface area (TPSA) is 54.9 Å². The van der Waals surface area contributed by atoms with Crippen LogP contribution in [0.1, 0.15) is 15.2 Å². The normalized spacial score (nSPS) is 10.6. The van der Waals surface area contributed by atoms with Gasteiger partial charge in [0.05, 0.1) is 11.3 Å². The van der Waals surface area contributed by atoms with Crippen LogP contribution < -0.4 is 5.32 Å². The van der Waals surface area contributed by atoms with E-state index in [0.717, 1.165) is 26.7 Å². The largest absolute Gasteiger partial charge is 0.298 e. The molecule has 1 N–H and O–H groups in total. The first-order valence-electron chi connectivity index (χ1n) is 6.69. The van der Waals surface area contributed by atoms with Gasteiger partial charge in [-0.2, -0.15) is 4.39 Å². The van der Waals surface area contributed by atoms with Crippen LogP contribution in [0.4, 0.5) is 9.52 Å². The first-order valence-corrected chi connectivity index (χ1v) is 8.30. The highest BCUT2D eigenvalue weighted by atomic mass is 79.9. The van der Waals surface area contributed by atoms with Crippen molar-refractivity contribution >= 4 is 38.3 Å². The molecule has 0 aliphatic rings. The maximum absolute atomic E-state index is 12.8. The second-order valence-electron chi connectivity index (χ2n) is 4.75. The second-order valence-corrected chi connectivity index (χ2v) is 6.87. The number of hydrogen-bond donors (Lipinski definition) is 1. The van der Waals surface area contributed by atoms with Crippen molar-refractivity contribution in [1.82, 2.24) is 9.97 Å². The summed E-state index contributed by atoms with van der Waals surface area (Å²) in [6.07, 6.45) is 1.20. The third-order valence-corrected chi connectivity index (χ3v) is 4.54. The number of hydrogen-bond acceptors (Lipinski definition) is 4. The minimum absolute atomic E-state index is 0.282. The Morgan fingerprint density at radius 2 is 1.96 bits per heavy atom. The van der Waals surface area contributed by atoms with Crippen LogP contribution >= 0.6 is 27.3 Å². The van der Waals surface area contributed by atoms with Gasteiger partial charge in [-0.3, -0.25) is 10.1 Å². The highest BCUT2D eigenvalue weighted by molar-refractivity contribution is 9.10. The van der Waals surface area contributed by atoms with Gasteiger partial charge in [0.1, 0.15) is 0 Å². The van der Waals surface area contributed by atoms with Gasteiger partial charge in [-0.25, -0.2) is 9.97 Å². The van der Waals surface area contributed by atoms with E-state index in [1.54, 1.807) is 0 Å². The number of aryl methyl sites for hydroxylation is 1. The lowest BCUT2D eigenvalue weighted by Gasteiger charge is -2.01. The number of carbonyl (C=O) groups is 1. The highest BCUT2D eigenvalue weighted by Crippen LogP contribution is 2.31. The number of benzene rings is 1. The van der Waals surface area contributed by atoms with E-state index in [4.69, 9.17) is 0 Å². The van der Waals surface area contributed by atoms with Gasteiger partial charge in [-0.1, -0.05) is 28.1 Å². The number of aromatic nitrogens is 2. The van der Waals surface area contributed by atoms with Crippen LogP contribution in [0.2, 0.25) is 0 Å². The van der Waals surface area contributed by atoms with Crippen LogP contribution in [0, 0.1) is 12.9 Å². The number of halogens is 2. The van der Waals surface area contributed by atoms with Crippen molar-refractivity contribution in [1.29, 1.82) is 0 Å². The lowest BCUT2D eigenvalue weighted by Crippen LogP contribution is -2.12. The zero-order valence-corrected chi connectivity index (χ0v) is 14.4. The van der Waals surface area contributed by atoms with Gasteiger partial charge in [0, 0.05) is 21.1 Å². The molecule has 0 saturated heterocycles. The molecule has 0 spiro atoms. The van der Waals surface area contributed by atoms with E-state index < -0.39 is 5.95 Å². The number of carbonyl (C=O) groups excluding carboxylic acids is 1. The predicted octanol–water partition coefficient (Wildman–Crippen LogP) is 4.67. The number of nitrogens with one attached hydrogen (secondary N) is 1. The average molecular weight is 392 g/mol. The van der Waals surface area contributed by atoms with E-state index in [9.17, 15) is 9.18 Å². The number of nitrogens with zero attached hydrogens (tertiary/aromatic N) is 2. The Bertz CT molecular complexity index is 847. The molecule has 1 amide bonds. The zero-order chi connectivity index (χ0) is 16.4. The van der Waals surface area contributed by atoms with E-state index >= 15 is 0 Å². The lowest BCUT2D eigenvalue weighted by atomic mass is 10.1. The minimum atomic E-state index is -0.621. The van der Waals surface area contributed by atoms with Crippen molar-refractivity contribution in [2.75, 3.05) is 5.32 Å². The Hall–Kier alpha value is -2.12. The summed E-state index contributed by atoms with van der Waals surface area (Å²) < 4.78 is 13.8. The Morgan fingerprint density at radius 3 is 2.61 bits per heavy atom. The van der Waals surface area contributed by atoms with Crippen molar-refractivity contribution in [2.45, 2.75) is 6.92 Å². The van der Waals surface area contributed by atoms with E-state index in [-0.39, 0.29) is 11.5 Å². The second kappa shape index (κ2) is 6.55. The van der Waals surface area contributed by atoms with E-state index in [0.29, 0.717) is 5.13 Å². The van der Waals surface area contributed by atoms with Gasteiger partial charge in [0.2, 0.25) is 5.95 Å². The van der Waals surface area contributed by atoms with Crippen LogP contribution in [0.3, 0.4) is 0 Å². The van der Waals surface area contributed by atoms with E-state index in [1.165, 1.54) is 23.6 Å². The fraction of sp³-hybridized carbons (Fsp3) is 0.0625. The van der Waals surface area contributed by atoms with Gasteiger partial charge in [-0.05, 0) is 31.2 Å². The molecule has 4 nitrogen and oxygen atoms in total. The number of thiazole rings is 1. The van der Waals surface area contributed by atoms with Crippen LogP contribution in [0.25, 0.3) is 11.3 Å². The molecule has 0 radical (unpaired) electrons. The summed E-state index contributed by atoms with van der Waals surface area (Å²) in [5.74, 6) is -0.988. The molecule has 116 valence electrons. The lowest BCUT2D eigenvalue weighted by molar-refractivity contribution is 0.102. The maximum atomic E-state index is 12.8. The van der Waals surface area contributed by atoms with E-state index in [2.05, 4.69) is 31.2 Å². The zero-order valence-electron chi connectivity index (χ0n) is 12.0. The molecule has 1 aromatic carbocycles. The highest BCUT2D eigenvalue weighted by Gasteiger charge is 2.13. The molecule has 0 fully saturated rings. The summed E-state index contributed by atoms with van der Waals surface area (Å²) in [5, 5.41) is 3.21. The summed E-state index contributed by atoms with van der Waals surface area (Å²) in [7, 11) is 0. The number of anilines is 1. The quantitative estimate of drug-likeness (QED) is 0.660. The van der Waals surface area contributed by atoms with Crippen LogP contribution in [0.15, 0.2) is 47.1 Å². The fourth-order valence-corrected chi connectivity index (χ4v) is 3.10. The van der Waals surface area contributed by atoms with Gasteiger partial charge in [-0.15, -0.1) is 11.3 Å². The molecule has 7 heteroatoms. The Morgan fingerprint density at radius 1 is 1.22 bits per heavy atom. The molecule has 3 aromatic rings. The monoisotopic (exact) mass is 391 g/mol. The Labute approximate surface area is 144 Å². The number of pyridine rings is 1. The molecular weight excluding hydrogens is 381 g/mol. The van der Waals surface area contributed by atoms with Crippen LogP contribution in [-0.4, -0.2) is 15.9 Å². The summed E-state index contributed by atoms with van der Waals surface area (Å²) >= 11 is 4.79. The number of rotatable bonds is 3. The molecule has 23 heavy (non-hydrogen) atoms. The third kappa shape index (κ3) is 3.62. The smallest absolute Gasteiger partial charge is 0.259 e. The molecule has 0 saturated carbocycles. The molecule has 0 unspecified atom stereocenters. The minimum Gasteiger partial charge on any atom is -0.298 e. The molecule has 0 aliphatic carbocycles. The summed E-state index contributed by atoms with van der Waals surface area (Å²) in [5.41, 5.74) is 2.09. The maximum Gasteiger partial charge on any atom is 0.259 e. The van der Waals surface area contributed by atoms with Gasteiger partial charge in [0.15, 0.2) is 5.13 Å². The fourth-order valence-electron chi connectivity index (χ4n) is 2.00. The summed E-state index contributed by atoms with van der Waals surface area (Å²) in [6, 6.07) is 10.3. The molecule has 2 aromatic heterocycles. The van der Waals surface area contributed by atoms with Crippen molar-refractivity contribution in [3.63, 3.8) is 0 Å². The summed E-state index contributed by atoms with van der Waals surface area (Å²) in [4.78, 5) is 21.1. The van der Waals surface area contributed by atoms with Gasteiger partial charge in [0.25, 0.3) is 5.91 Å². The van der Waals surface area contributed by atoms with Crippen molar-refractivity contribution in [3.05, 3.63) is 63.5 Å². The Kier molecular flexibility index (Phi) is 4.49. The first-order chi connectivity index (χ1) is 11.0. The SMILES string of the molecule is Cc1sc(NC(=O)c2ccc(F)nc2)nc1-c1ccc(Br)cc1. The van der Waals surface area contributed by atoms with Crippen molar-refractivity contribution in [3.8, 4) is 11.3 Å². The van der Waals surface area contributed by atoms with Gasteiger partial charge < -0.3 is 0 Å². The van der Waals surface area contributed by atoms with Crippen LogP contribution in [-0.2, 0) is 0 Å². The predicted molar refractivity (Wildman–Crippen MR) is 92.1 cm³/mol. The van der Waals surface area contributed by atoms with Crippen LogP contribution in [0.5, 0.6) is 0 Å². The van der Waals surface area contributed by atoms with Gasteiger partial charge >= 0.3 is 0 Å².